The lowest BCUT2D eigenvalue weighted by molar-refractivity contribution is -0.917. The van der Waals surface area contributed by atoms with E-state index in [4.69, 9.17) is 31.5 Å². The Kier molecular flexibility index (Phi) is 8.40. The number of anilines is 1. The van der Waals surface area contributed by atoms with Crippen LogP contribution in [-0.4, -0.2) is 70.0 Å². The lowest BCUT2D eigenvalue weighted by atomic mass is 9.98. The molecule has 0 bridgehead atoms. The number of halogens is 2. The summed E-state index contributed by atoms with van der Waals surface area (Å²) in [6.45, 7) is 3.11. The third kappa shape index (κ3) is 6.50. The number of nitrogens with zero attached hydrogens (tertiary/aromatic N) is 1. The number of piperidine rings is 1. The highest BCUT2D eigenvalue weighted by molar-refractivity contribution is 6.33. The first-order valence-electron chi connectivity index (χ1n) is 10.9. The number of nitrogen functional groups attached to an aromatic ring is 1. The van der Waals surface area contributed by atoms with Crippen LogP contribution in [0.3, 0.4) is 0 Å². The number of carbonyl (C=O) groups excluding carboxylic acids is 1. The second-order valence-corrected chi connectivity index (χ2v) is 9.03. The maximum absolute atomic E-state index is 13.0. The van der Waals surface area contributed by atoms with Gasteiger partial charge < -0.3 is 29.7 Å². The molecule has 0 aliphatic carbocycles. The molecular weight excluding hydrogens is 449 g/mol. The Balaban J connectivity index is 1.54. The molecule has 0 aromatic heterocycles. The number of nitrogens with one attached hydrogen (secondary N) is 1. The molecule has 0 spiro atoms. The molecule has 9 heteroatoms. The topological polar surface area (TPSA) is 82.8 Å². The van der Waals surface area contributed by atoms with Crippen LogP contribution in [0.1, 0.15) is 23.2 Å². The number of ether oxygens (including phenoxy) is 3. The summed E-state index contributed by atoms with van der Waals surface area (Å²) < 4.78 is 30.6. The summed E-state index contributed by atoms with van der Waals surface area (Å²) in [5, 5.41) is 3.39. The monoisotopic (exact) mass is 480 g/mol. The predicted octanol–water partition coefficient (Wildman–Crippen LogP) is 3.50. The van der Waals surface area contributed by atoms with Gasteiger partial charge in [-0.2, -0.15) is 0 Å². The van der Waals surface area contributed by atoms with Crippen molar-refractivity contribution in [3.8, 4) is 11.5 Å². The number of quaternary nitrogens is 1. The van der Waals surface area contributed by atoms with Gasteiger partial charge in [-0.25, -0.2) is 4.39 Å². The molecule has 0 radical (unpaired) electrons. The lowest BCUT2D eigenvalue weighted by Crippen LogP contribution is -2.62. The first-order valence-corrected chi connectivity index (χ1v) is 11.3. The predicted molar refractivity (Wildman–Crippen MR) is 126 cm³/mol. The van der Waals surface area contributed by atoms with Gasteiger partial charge in [-0.3, -0.25) is 4.79 Å². The van der Waals surface area contributed by atoms with Crippen molar-refractivity contribution in [2.24, 2.45) is 0 Å². The van der Waals surface area contributed by atoms with E-state index >= 15 is 0 Å². The Bertz CT molecular complexity index is 959. The first kappa shape index (κ1) is 25.1. The van der Waals surface area contributed by atoms with E-state index in [1.165, 1.54) is 25.3 Å². The van der Waals surface area contributed by atoms with Gasteiger partial charge >= 0.3 is 0 Å². The smallest absolute Gasteiger partial charge is 0.255 e. The molecule has 33 heavy (non-hydrogen) atoms. The van der Waals surface area contributed by atoms with Gasteiger partial charge in [0, 0.05) is 26.0 Å². The Morgan fingerprint density at radius 2 is 2.00 bits per heavy atom. The number of rotatable bonds is 9. The van der Waals surface area contributed by atoms with E-state index in [0.717, 1.165) is 37.0 Å². The van der Waals surface area contributed by atoms with Gasteiger partial charge in [-0.15, -0.1) is 0 Å². The highest BCUT2D eigenvalue weighted by Crippen LogP contribution is 2.29. The summed E-state index contributed by atoms with van der Waals surface area (Å²) in [5.74, 6) is 0.484. The van der Waals surface area contributed by atoms with Crippen molar-refractivity contribution < 1.29 is 27.9 Å². The van der Waals surface area contributed by atoms with Crippen molar-refractivity contribution in [1.82, 2.24) is 5.32 Å². The number of hydrogen-bond acceptors (Lipinski definition) is 5. The molecule has 1 unspecified atom stereocenters. The summed E-state index contributed by atoms with van der Waals surface area (Å²) >= 11 is 6.11. The standard InChI is InChI=1S/C24H31ClFN3O4/c1-29(10-4-12-33-17-7-5-16(26)6-8-17)11-9-21(23(15-29)32-3)28-24(30)18-13-19(25)20(27)14-22(18)31-2/h5-8,13-14,21,23H,4,9-12,15H2,1-3H3,(H2-,27,28,30)/p+1/t21-,23+,29?/m1/s1. The van der Waals surface area contributed by atoms with Crippen LogP contribution in [0.2, 0.25) is 5.02 Å². The minimum absolute atomic E-state index is 0.134. The molecule has 1 fully saturated rings. The van der Waals surface area contributed by atoms with Crippen molar-refractivity contribution in [2.45, 2.75) is 25.0 Å². The van der Waals surface area contributed by atoms with Crippen molar-refractivity contribution >= 4 is 23.2 Å². The second-order valence-electron chi connectivity index (χ2n) is 8.62. The molecule has 1 aliphatic rings. The highest BCUT2D eigenvalue weighted by Gasteiger charge is 2.38. The molecule has 2 aromatic carbocycles. The molecule has 1 amide bonds. The van der Waals surface area contributed by atoms with Crippen LogP contribution in [0.5, 0.6) is 11.5 Å². The fourth-order valence-electron chi connectivity index (χ4n) is 4.23. The quantitative estimate of drug-likeness (QED) is 0.326. The first-order chi connectivity index (χ1) is 15.7. The van der Waals surface area contributed by atoms with Crippen molar-refractivity contribution in [3.05, 3.63) is 52.8 Å². The average molecular weight is 481 g/mol. The maximum Gasteiger partial charge on any atom is 0.255 e. The van der Waals surface area contributed by atoms with Gasteiger partial charge in [-0.05, 0) is 30.3 Å². The summed E-state index contributed by atoms with van der Waals surface area (Å²) in [7, 11) is 5.34. The number of likely N-dealkylation sites (N-methyl/N-ethyl adjacent to an activating group) is 1. The van der Waals surface area contributed by atoms with Gasteiger partial charge in [0.25, 0.3) is 5.91 Å². The molecule has 2 aromatic rings. The molecule has 3 N–H and O–H groups in total. The molecule has 3 rings (SSSR count). The van der Waals surface area contributed by atoms with Crippen LogP contribution in [0.25, 0.3) is 0 Å². The van der Waals surface area contributed by atoms with E-state index in [1.807, 2.05) is 0 Å². The van der Waals surface area contributed by atoms with E-state index in [1.54, 1.807) is 25.3 Å². The van der Waals surface area contributed by atoms with Gasteiger partial charge in [0.15, 0.2) is 0 Å². The van der Waals surface area contributed by atoms with Crippen molar-refractivity contribution in [3.63, 3.8) is 0 Å². The summed E-state index contributed by atoms with van der Waals surface area (Å²) in [6, 6.07) is 8.97. The Hall–Kier alpha value is -2.55. The molecule has 1 heterocycles. The van der Waals surface area contributed by atoms with E-state index in [9.17, 15) is 9.18 Å². The zero-order valence-electron chi connectivity index (χ0n) is 19.3. The van der Waals surface area contributed by atoms with Crippen LogP contribution >= 0.6 is 11.6 Å². The van der Waals surface area contributed by atoms with E-state index in [2.05, 4.69) is 12.4 Å². The number of benzene rings is 2. The number of amides is 1. The molecular formula is C24H32ClFN3O4+. The average Bonchev–Trinajstić information content (AvgIpc) is 2.80. The Labute approximate surface area is 199 Å². The van der Waals surface area contributed by atoms with E-state index in [-0.39, 0.29) is 23.9 Å². The Morgan fingerprint density at radius 3 is 2.67 bits per heavy atom. The summed E-state index contributed by atoms with van der Waals surface area (Å²) in [6.07, 6.45) is 1.48. The van der Waals surface area contributed by atoms with Gasteiger partial charge in [0.05, 0.1) is 56.2 Å². The number of likely N-dealkylation sites (tertiary alicyclic amines) is 1. The highest BCUT2D eigenvalue weighted by atomic mass is 35.5. The zero-order valence-corrected chi connectivity index (χ0v) is 20.0. The van der Waals surface area contributed by atoms with Crippen molar-refractivity contribution in [2.75, 3.05) is 53.2 Å². The van der Waals surface area contributed by atoms with Gasteiger partial charge in [0.1, 0.15) is 30.0 Å². The van der Waals surface area contributed by atoms with Crippen molar-refractivity contribution in [1.29, 1.82) is 0 Å². The molecule has 3 atom stereocenters. The van der Waals surface area contributed by atoms with E-state index < -0.39 is 0 Å². The third-order valence-electron chi connectivity index (χ3n) is 6.16. The number of hydrogen-bond donors (Lipinski definition) is 2. The van der Waals surface area contributed by atoms with Crippen LogP contribution in [0, 0.1) is 5.82 Å². The lowest BCUT2D eigenvalue weighted by Gasteiger charge is -2.44. The van der Waals surface area contributed by atoms with Gasteiger partial charge in [-0.1, -0.05) is 11.6 Å². The second kappa shape index (κ2) is 11.0. The maximum atomic E-state index is 13.0. The molecule has 180 valence electrons. The SMILES string of the molecule is COc1cc(N)c(Cl)cc1C(=O)N[C@@H]1CC[N+](C)(CCCOc2ccc(F)cc2)C[C@@H]1OC. The summed E-state index contributed by atoms with van der Waals surface area (Å²) in [5.41, 5.74) is 6.52. The number of methoxy groups -OCH3 is 2. The van der Waals surface area contributed by atoms with Crippen LogP contribution in [-0.2, 0) is 4.74 Å². The summed E-state index contributed by atoms with van der Waals surface area (Å²) in [4.78, 5) is 13.0. The third-order valence-corrected chi connectivity index (χ3v) is 6.48. The van der Waals surface area contributed by atoms with Gasteiger partial charge in [0.2, 0.25) is 0 Å². The minimum atomic E-state index is -0.279. The van der Waals surface area contributed by atoms with Crippen LogP contribution in [0.4, 0.5) is 10.1 Å². The fraction of sp³-hybridized carbons (Fsp3) is 0.458. The molecule has 7 nitrogen and oxygen atoms in total. The normalized spacial score (nSPS) is 22.6. The van der Waals surface area contributed by atoms with E-state index in [0.29, 0.717) is 34.4 Å². The number of nitrogens with two attached hydrogens (primary N) is 1. The Morgan fingerprint density at radius 1 is 1.27 bits per heavy atom. The minimum Gasteiger partial charge on any atom is -0.496 e. The van der Waals surface area contributed by atoms with Crippen LogP contribution < -0.4 is 20.5 Å². The molecule has 0 saturated carbocycles. The fourth-order valence-corrected chi connectivity index (χ4v) is 4.39. The molecule has 1 aliphatic heterocycles. The largest absolute Gasteiger partial charge is 0.496 e. The zero-order chi connectivity index (χ0) is 24.0. The van der Waals surface area contributed by atoms with Crippen LogP contribution in [0.15, 0.2) is 36.4 Å². The molecule has 1 saturated heterocycles. The number of carbonyl (C=O) groups is 1.